The van der Waals surface area contributed by atoms with Crippen molar-refractivity contribution in [3.8, 4) is 0 Å². The van der Waals surface area contributed by atoms with Gasteiger partial charge in [0.2, 0.25) is 0 Å². The zero-order valence-corrected chi connectivity index (χ0v) is 15.3. The number of nitrogens with zero attached hydrogens (tertiary/aromatic N) is 2. The lowest BCUT2D eigenvalue weighted by Crippen LogP contribution is -2.30. The fraction of sp³-hybridized carbons (Fsp3) is 0.389. The molecule has 3 N–H and O–H groups in total. The summed E-state index contributed by atoms with van der Waals surface area (Å²) in [7, 11) is 0. The molecule has 1 aromatic carbocycles. The van der Waals surface area contributed by atoms with Crippen molar-refractivity contribution in [1.29, 1.82) is 0 Å². The van der Waals surface area contributed by atoms with Crippen molar-refractivity contribution in [2.45, 2.75) is 46.7 Å². The standard InChI is InChI=1S/C18H25N5O2/c1-11(2)20-17(24)16-8-14(7-6-13(16)5)21-18(25)22-15-9-19-23(10-15)12(3)4/h6-12H,1-5H3,(H,20,24)(H2,21,22,25). The number of anilines is 2. The third-order valence-corrected chi connectivity index (χ3v) is 3.55. The lowest BCUT2D eigenvalue weighted by Gasteiger charge is -2.12. The first-order chi connectivity index (χ1) is 11.8. The molecule has 0 fully saturated rings. The molecule has 7 nitrogen and oxygen atoms in total. The Kier molecular flexibility index (Phi) is 5.80. The highest BCUT2D eigenvalue weighted by molar-refractivity contribution is 6.01. The minimum absolute atomic E-state index is 0.0457. The van der Waals surface area contributed by atoms with Crippen LogP contribution in [-0.4, -0.2) is 27.8 Å². The lowest BCUT2D eigenvalue weighted by molar-refractivity contribution is 0.0942. The Morgan fingerprint density at radius 2 is 1.76 bits per heavy atom. The van der Waals surface area contributed by atoms with Gasteiger partial charge < -0.3 is 16.0 Å². The van der Waals surface area contributed by atoms with E-state index >= 15 is 0 Å². The molecule has 0 atom stereocenters. The van der Waals surface area contributed by atoms with Crippen molar-refractivity contribution < 1.29 is 9.59 Å². The van der Waals surface area contributed by atoms with Crippen LogP contribution in [0.15, 0.2) is 30.6 Å². The van der Waals surface area contributed by atoms with Gasteiger partial charge in [-0.25, -0.2) is 4.79 Å². The van der Waals surface area contributed by atoms with Crippen molar-refractivity contribution in [3.05, 3.63) is 41.7 Å². The molecular formula is C18H25N5O2. The second-order valence-electron chi connectivity index (χ2n) is 6.54. The van der Waals surface area contributed by atoms with E-state index in [1.165, 1.54) is 0 Å². The fourth-order valence-corrected chi connectivity index (χ4v) is 2.26. The van der Waals surface area contributed by atoms with Crippen molar-refractivity contribution >= 4 is 23.3 Å². The van der Waals surface area contributed by atoms with Gasteiger partial charge in [-0.1, -0.05) is 6.07 Å². The van der Waals surface area contributed by atoms with E-state index in [9.17, 15) is 9.59 Å². The number of hydrogen-bond donors (Lipinski definition) is 3. The third kappa shape index (κ3) is 5.07. The molecule has 25 heavy (non-hydrogen) atoms. The smallest absolute Gasteiger partial charge is 0.323 e. The first kappa shape index (κ1) is 18.5. The number of aryl methyl sites for hydroxylation is 1. The highest BCUT2D eigenvalue weighted by Gasteiger charge is 2.12. The number of amides is 3. The van der Waals surface area contributed by atoms with E-state index in [2.05, 4.69) is 21.0 Å². The van der Waals surface area contributed by atoms with Gasteiger partial charge in [-0.3, -0.25) is 9.48 Å². The topological polar surface area (TPSA) is 88.1 Å². The van der Waals surface area contributed by atoms with Crippen molar-refractivity contribution in [2.24, 2.45) is 0 Å². The molecule has 134 valence electrons. The normalized spacial score (nSPS) is 10.8. The Bertz CT molecular complexity index is 765. The lowest BCUT2D eigenvalue weighted by atomic mass is 10.1. The SMILES string of the molecule is Cc1ccc(NC(=O)Nc2cnn(C(C)C)c2)cc1C(=O)NC(C)C. The molecule has 0 radical (unpaired) electrons. The highest BCUT2D eigenvalue weighted by atomic mass is 16.2. The summed E-state index contributed by atoms with van der Waals surface area (Å²) in [6, 6.07) is 5.12. The quantitative estimate of drug-likeness (QED) is 0.775. The maximum atomic E-state index is 12.2. The molecule has 2 aromatic rings. The molecule has 7 heteroatoms. The Morgan fingerprint density at radius 3 is 2.36 bits per heavy atom. The van der Waals surface area contributed by atoms with E-state index in [4.69, 9.17) is 0 Å². The fourth-order valence-electron chi connectivity index (χ4n) is 2.26. The number of carbonyl (C=O) groups excluding carboxylic acids is 2. The zero-order chi connectivity index (χ0) is 18.6. The largest absolute Gasteiger partial charge is 0.350 e. The van der Waals surface area contributed by atoms with Crippen LogP contribution < -0.4 is 16.0 Å². The first-order valence-corrected chi connectivity index (χ1v) is 8.30. The van der Waals surface area contributed by atoms with E-state index < -0.39 is 0 Å². The van der Waals surface area contributed by atoms with Gasteiger partial charge in [0, 0.05) is 29.5 Å². The van der Waals surface area contributed by atoms with Crippen LogP contribution in [0.4, 0.5) is 16.2 Å². The van der Waals surface area contributed by atoms with Crippen molar-refractivity contribution in [1.82, 2.24) is 15.1 Å². The van der Waals surface area contributed by atoms with Crippen LogP contribution in [-0.2, 0) is 0 Å². The molecule has 0 spiro atoms. The number of hydrogen-bond acceptors (Lipinski definition) is 3. The summed E-state index contributed by atoms with van der Waals surface area (Å²) in [6.07, 6.45) is 3.36. The number of benzene rings is 1. The first-order valence-electron chi connectivity index (χ1n) is 8.30. The molecule has 0 saturated heterocycles. The molecule has 1 heterocycles. The van der Waals surface area contributed by atoms with Gasteiger partial charge in [-0.2, -0.15) is 5.10 Å². The van der Waals surface area contributed by atoms with Crippen LogP contribution in [0.2, 0.25) is 0 Å². The summed E-state index contributed by atoms with van der Waals surface area (Å²) in [4.78, 5) is 24.4. The number of aromatic nitrogens is 2. The average Bonchev–Trinajstić information content (AvgIpc) is 2.97. The summed E-state index contributed by atoms with van der Waals surface area (Å²) in [6.45, 7) is 9.68. The van der Waals surface area contributed by atoms with Crippen molar-refractivity contribution in [3.63, 3.8) is 0 Å². The number of carbonyl (C=O) groups is 2. The Labute approximate surface area is 147 Å². The summed E-state index contributed by atoms with van der Waals surface area (Å²) >= 11 is 0. The summed E-state index contributed by atoms with van der Waals surface area (Å²) in [5.74, 6) is -0.158. The molecule has 1 aromatic heterocycles. The molecule has 3 amide bonds. The Balaban J connectivity index is 2.06. The number of nitrogens with one attached hydrogen (secondary N) is 3. The van der Waals surface area contributed by atoms with Gasteiger partial charge in [0.15, 0.2) is 0 Å². The van der Waals surface area contributed by atoms with Gasteiger partial charge in [0.05, 0.1) is 11.9 Å². The summed E-state index contributed by atoms with van der Waals surface area (Å²) in [5.41, 5.74) is 2.55. The van der Waals surface area contributed by atoms with Gasteiger partial charge in [-0.05, 0) is 52.3 Å². The van der Waals surface area contributed by atoms with Gasteiger partial charge in [0.1, 0.15) is 0 Å². The van der Waals surface area contributed by atoms with Crippen LogP contribution in [0.1, 0.15) is 49.7 Å². The third-order valence-electron chi connectivity index (χ3n) is 3.55. The minimum Gasteiger partial charge on any atom is -0.350 e. The molecule has 0 aliphatic carbocycles. The molecule has 0 unspecified atom stereocenters. The van der Waals surface area contributed by atoms with Crippen LogP contribution in [0.3, 0.4) is 0 Å². The molecule has 0 bridgehead atoms. The maximum Gasteiger partial charge on any atom is 0.323 e. The monoisotopic (exact) mass is 343 g/mol. The number of rotatable bonds is 5. The molecule has 0 aliphatic rings. The van der Waals surface area contributed by atoms with E-state index in [1.54, 1.807) is 29.2 Å². The second kappa shape index (κ2) is 7.83. The predicted octanol–water partition coefficient (Wildman–Crippen LogP) is 3.55. The van der Waals surface area contributed by atoms with Gasteiger partial charge >= 0.3 is 6.03 Å². The van der Waals surface area contributed by atoms with E-state index in [0.29, 0.717) is 16.9 Å². The molecule has 0 saturated carbocycles. The Hall–Kier alpha value is -2.83. The van der Waals surface area contributed by atoms with Crippen LogP contribution in [0, 0.1) is 6.92 Å². The van der Waals surface area contributed by atoms with E-state index in [1.807, 2.05) is 40.7 Å². The minimum atomic E-state index is -0.387. The average molecular weight is 343 g/mol. The second-order valence-corrected chi connectivity index (χ2v) is 6.54. The van der Waals surface area contributed by atoms with Gasteiger partial charge in [0.25, 0.3) is 5.91 Å². The van der Waals surface area contributed by atoms with E-state index in [-0.39, 0.29) is 24.0 Å². The number of urea groups is 1. The molecule has 0 aliphatic heterocycles. The summed E-state index contributed by atoms with van der Waals surface area (Å²) < 4.78 is 1.76. The highest BCUT2D eigenvalue weighted by Crippen LogP contribution is 2.16. The zero-order valence-electron chi connectivity index (χ0n) is 15.3. The van der Waals surface area contributed by atoms with Gasteiger partial charge in [-0.15, -0.1) is 0 Å². The predicted molar refractivity (Wildman–Crippen MR) is 99.0 cm³/mol. The van der Waals surface area contributed by atoms with Crippen LogP contribution in [0.25, 0.3) is 0 Å². The molecular weight excluding hydrogens is 318 g/mol. The Morgan fingerprint density at radius 1 is 1.08 bits per heavy atom. The van der Waals surface area contributed by atoms with Crippen LogP contribution >= 0.6 is 0 Å². The van der Waals surface area contributed by atoms with Crippen LogP contribution in [0.5, 0.6) is 0 Å². The van der Waals surface area contributed by atoms with E-state index in [0.717, 1.165) is 5.56 Å². The maximum absolute atomic E-state index is 12.2. The summed E-state index contributed by atoms with van der Waals surface area (Å²) in [5, 5.41) is 12.5. The van der Waals surface area contributed by atoms with Crippen molar-refractivity contribution in [2.75, 3.05) is 10.6 Å². The molecule has 2 rings (SSSR count).